The van der Waals surface area contributed by atoms with Crippen LogP contribution in [0.15, 0.2) is 0 Å². The lowest BCUT2D eigenvalue weighted by molar-refractivity contribution is -0.141. The number of aromatic nitrogens is 3. The van der Waals surface area contributed by atoms with Gasteiger partial charge in [0.05, 0.1) is 5.92 Å². The molecule has 120 valence electrons. The van der Waals surface area contributed by atoms with Crippen LogP contribution in [-0.4, -0.2) is 62.8 Å². The van der Waals surface area contributed by atoms with Gasteiger partial charge in [0.15, 0.2) is 0 Å². The van der Waals surface area contributed by atoms with Crippen molar-refractivity contribution in [3.8, 4) is 0 Å². The molecular weight excluding hydrogens is 286 g/mol. The first-order valence-corrected chi connectivity index (χ1v) is 7.81. The van der Waals surface area contributed by atoms with E-state index in [1.165, 1.54) is 0 Å². The Labute approximate surface area is 128 Å². The molecule has 1 aromatic heterocycles. The molecule has 1 saturated heterocycles. The molecule has 8 nitrogen and oxygen atoms in total. The van der Waals surface area contributed by atoms with Crippen LogP contribution in [0.4, 0.5) is 0 Å². The number of aliphatic carboxylic acids is 1. The highest BCUT2D eigenvalue weighted by atomic mass is 16.4. The van der Waals surface area contributed by atoms with Crippen molar-refractivity contribution in [2.24, 2.45) is 5.92 Å². The van der Waals surface area contributed by atoms with Crippen LogP contribution in [-0.2, 0) is 17.8 Å². The van der Waals surface area contributed by atoms with Gasteiger partial charge < -0.3 is 19.9 Å². The summed E-state index contributed by atoms with van der Waals surface area (Å²) >= 11 is 0. The summed E-state index contributed by atoms with van der Waals surface area (Å²) < 4.78 is 1.91. The molecule has 3 rings (SSSR count). The first kappa shape index (κ1) is 15.0. The third-order valence-corrected chi connectivity index (χ3v) is 4.33. The Hall–Kier alpha value is -1.96. The van der Waals surface area contributed by atoms with E-state index < -0.39 is 11.9 Å². The summed E-state index contributed by atoms with van der Waals surface area (Å²) in [6.07, 6.45) is 4.07. The van der Waals surface area contributed by atoms with Gasteiger partial charge in [-0.3, -0.25) is 9.59 Å². The van der Waals surface area contributed by atoms with Crippen LogP contribution in [0.2, 0.25) is 0 Å². The van der Waals surface area contributed by atoms with Gasteiger partial charge in [-0.05, 0) is 12.8 Å². The second-order valence-electron chi connectivity index (χ2n) is 5.89. The fraction of sp³-hybridized carbons (Fsp3) is 0.714. The van der Waals surface area contributed by atoms with Gasteiger partial charge in [-0.2, -0.15) is 0 Å². The van der Waals surface area contributed by atoms with Crippen LogP contribution in [0.5, 0.6) is 0 Å². The molecule has 0 spiro atoms. The molecule has 1 fully saturated rings. The number of hydrogen-bond acceptors (Lipinski definition) is 5. The van der Waals surface area contributed by atoms with Gasteiger partial charge in [-0.1, -0.05) is 6.42 Å². The average Bonchev–Trinajstić information content (AvgIpc) is 2.72. The Kier molecular flexibility index (Phi) is 4.37. The second kappa shape index (κ2) is 6.43. The molecule has 3 heterocycles. The monoisotopic (exact) mass is 307 g/mol. The Morgan fingerprint density at radius 2 is 2.05 bits per heavy atom. The van der Waals surface area contributed by atoms with Crippen molar-refractivity contribution >= 4 is 11.9 Å². The smallest absolute Gasteiger partial charge is 0.309 e. The van der Waals surface area contributed by atoms with E-state index in [4.69, 9.17) is 0 Å². The molecule has 1 atom stereocenters. The quantitative estimate of drug-likeness (QED) is 0.781. The van der Waals surface area contributed by atoms with Crippen LogP contribution in [0.25, 0.3) is 0 Å². The number of hydrogen-bond donors (Lipinski definition) is 2. The van der Waals surface area contributed by atoms with Crippen LogP contribution in [0.1, 0.15) is 35.7 Å². The predicted octanol–water partition coefficient (Wildman–Crippen LogP) is -0.249. The van der Waals surface area contributed by atoms with Crippen LogP contribution >= 0.6 is 0 Å². The van der Waals surface area contributed by atoms with E-state index in [1.54, 1.807) is 4.90 Å². The maximum absolute atomic E-state index is 12.7. The standard InChI is InChI=1S/C14H21N5O3/c20-13(18-7-5-15-8-10(9-18)14(21)22)12-17-16-11-4-2-1-3-6-19(11)12/h10,15H,1-9H2,(H,21,22). The zero-order chi connectivity index (χ0) is 15.5. The van der Waals surface area contributed by atoms with Crippen molar-refractivity contribution in [2.45, 2.75) is 32.2 Å². The summed E-state index contributed by atoms with van der Waals surface area (Å²) in [6.45, 7) is 2.44. The lowest BCUT2D eigenvalue weighted by atomic mass is 10.1. The number of nitrogens with zero attached hydrogens (tertiary/aromatic N) is 4. The number of nitrogens with one attached hydrogen (secondary N) is 1. The molecule has 1 aromatic rings. The number of carbonyl (C=O) groups excluding carboxylic acids is 1. The summed E-state index contributed by atoms with van der Waals surface area (Å²) in [5.41, 5.74) is 0. The molecule has 2 N–H and O–H groups in total. The van der Waals surface area contributed by atoms with E-state index in [0.29, 0.717) is 25.5 Å². The Bertz CT molecular complexity index is 571. The van der Waals surface area contributed by atoms with E-state index in [1.807, 2.05) is 4.57 Å². The van der Waals surface area contributed by atoms with Crippen molar-refractivity contribution in [3.63, 3.8) is 0 Å². The fourth-order valence-electron chi connectivity index (χ4n) is 3.05. The fourth-order valence-corrected chi connectivity index (χ4v) is 3.05. The maximum Gasteiger partial charge on any atom is 0.309 e. The van der Waals surface area contributed by atoms with Gasteiger partial charge in [0, 0.05) is 39.1 Å². The number of fused-ring (bicyclic) bond motifs is 1. The lowest BCUT2D eigenvalue weighted by Gasteiger charge is -2.22. The lowest BCUT2D eigenvalue weighted by Crippen LogP contribution is -2.39. The highest BCUT2D eigenvalue weighted by Gasteiger charge is 2.30. The third-order valence-electron chi connectivity index (χ3n) is 4.33. The molecular formula is C14H21N5O3. The molecule has 22 heavy (non-hydrogen) atoms. The molecule has 8 heteroatoms. The highest BCUT2D eigenvalue weighted by Crippen LogP contribution is 2.16. The Morgan fingerprint density at radius 3 is 2.86 bits per heavy atom. The molecule has 1 unspecified atom stereocenters. The molecule has 2 aliphatic rings. The predicted molar refractivity (Wildman–Crippen MR) is 77.5 cm³/mol. The van der Waals surface area contributed by atoms with Gasteiger partial charge >= 0.3 is 5.97 Å². The summed E-state index contributed by atoms with van der Waals surface area (Å²) in [4.78, 5) is 25.6. The SMILES string of the molecule is O=C(O)C1CNCCN(C(=O)c2nnc3n2CCCCC3)C1. The molecule has 0 bridgehead atoms. The molecule has 1 amide bonds. The Balaban J connectivity index is 1.81. The summed E-state index contributed by atoms with van der Waals surface area (Å²) in [7, 11) is 0. The maximum atomic E-state index is 12.7. The van der Waals surface area contributed by atoms with E-state index in [-0.39, 0.29) is 12.5 Å². The van der Waals surface area contributed by atoms with Crippen molar-refractivity contribution in [1.82, 2.24) is 25.0 Å². The van der Waals surface area contributed by atoms with Crippen molar-refractivity contribution in [3.05, 3.63) is 11.6 Å². The average molecular weight is 307 g/mol. The van der Waals surface area contributed by atoms with Crippen molar-refractivity contribution in [2.75, 3.05) is 26.2 Å². The van der Waals surface area contributed by atoms with E-state index in [2.05, 4.69) is 15.5 Å². The van der Waals surface area contributed by atoms with Gasteiger partial charge in [0.25, 0.3) is 5.91 Å². The normalized spacial score (nSPS) is 22.5. The molecule has 0 aromatic carbocycles. The largest absolute Gasteiger partial charge is 0.481 e. The topological polar surface area (TPSA) is 100 Å². The summed E-state index contributed by atoms with van der Waals surface area (Å²) in [5, 5.41) is 20.5. The third kappa shape index (κ3) is 2.96. The van der Waals surface area contributed by atoms with E-state index >= 15 is 0 Å². The number of carboxylic acid groups (broad SMARTS) is 1. The summed E-state index contributed by atoms with van der Waals surface area (Å²) in [6, 6.07) is 0. The zero-order valence-electron chi connectivity index (χ0n) is 12.5. The minimum atomic E-state index is -0.882. The summed E-state index contributed by atoms with van der Waals surface area (Å²) in [5.74, 6) is -0.465. The molecule has 0 saturated carbocycles. The van der Waals surface area contributed by atoms with Gasteiger partial charge in [-0.15, -0.1) is 10.2 Å². The van der Waals surface area contributed by atoms with Gasteiger partial charge in [-0.25, -0.2) is 0 Å². The van der Waals surface area contributed by atoms with Crippen LogP contribution in [0.3, 0.4) is 0 Å². The Morgan fingerprint density at radius 1 is 1.18 bits per heavy atom. The number of aryl methyl sites for hydroxylation is 1. The highest BCUT2D eigenvalue weighted by molar-refractivity contribution is 5.91. The molecule has 0 aliphatic carbocycles. The minimum Gasteiger partial charge on any atom is -0.481 e. The van der Waals surface area contributed by atoms with Crippen LogP contribution in [0, 0.1) is 5.92 Å². The number of amides is 1. The molecule has 0 radical (unpaired) electrons. The second-order valence-corrected chi connectivity index (χ2v) is 5.89. The van der Waals surface area contributed by atoms with E-state index in [0.717, 1.165) is 38.1 Å². The van der Waals surface area contributed by atoms with Gasteiger partial charge in [0.1, 0.15) is 5.82 Å². The minimum absolute atomic E-state index is 0.212. The number of rotatable bonds is 2. The first-order chi connectivity index (χ1) is 10.7. The van der Waals surface area contributed by atoms with Crippen molar-refractivity contribution < 1.29 is 14.7 Å². The van der Waals surface area contributed by atoms with Crippen molar-refractivity contribution in [1.29, 1.82) is 0 Å². The van der Waals surface area contributed by atoms with E-state index in [9.17, 15) is 14.7 Å². The molecule has 2 aliphatic heterocycles. The zero-order valence-corrected chi connectivity index (χ0v) is 12.5. The van der Waals surface area contributed by atoms with Gasteiger partial charge in [0.2, 0.25) is 5.82 Å². The van der Waals surface area contributed by atoms with Crippen LogP contribution < -0.4 is 5.32 Å². The number of carbonyl (C=O) groups is 2. The first-order valence-electron chi connectivity index (χ1n) is 7.81. The number of carboxylic acids is 1.